The Morgan fingerprint density at radius 1 is 0.600 bits per heavy atom. The van der Waals surface area contributed by atoms with E-state index in [9.17, 15) is 9.59 Å². The molecule has 6 N–H and O–H groups in total. The van der Waals surface area contributed by atoms with Gasteiger partial charge in [-0.1, -0.05) is 32.1 Å². The molecule has 0 radical (unpaired) electrons. The molecule has 10 nitrogen and oxygen atoms in total. The van der Waals surface area contributed by atoms with Crippen LogP contribution >= 0.6 is 12.4 Å². The fraction of sp³-hybridized carbons (Fsp3) is 0.448. The van der Waals surface area contributed by atoms with Crippen molar-refractivity contribution in [3.63, 3.8) is 0 Å². The van der Waals surface area contributed by atoms with Gasteiger partial charge < -0.3 is 31.9 Å². The number of anilines is 2. The molecule has 2 aliphatic rings. The van der Waals surface area contributed by atoms with Gasteiger partial charge in [-0.05, 0) is 61.4 Å². The lowest BCUT2D eigenvalue weighted by Gasteiger charge is -2.09. The molecule has 0 spiro atoms. The summed E-state index contributed by atoms with van der Waals surface area (Å²) in [5, 5.41) is 18.1. The normalized spacial score (nSPS) is 13.7. The summed E-state index contributed by atoms with van der Waals surface area (Å²) in [5.41, 5.74) is 3.60. The third kappa shape index (κ3) is 10.4. The zero-order valence-electron chi connectivity index (χ0n) is 22.9. The number of rotatable bonds is 14. The van der Waals surface area contributed by atoms with E-state index in [1.54, 1.807) is 0 Å². The Labute approximate surface area is 242 Å². The van der Waals surface area contributed by atoms with Crippen LogP contribution in [-0.4, -0.2) is 63.0 Å². The summed E-state index contributed by atoms with van der Waals surface area (Å²) < 4.78 is 0. The second-order valence-corrected chi connectivity index (χ2v) is 9.71. The van der Waals surface area contributed by atoms with E-state index >= 15 is 0 Å². The van der Waals surface area contributed by atoms with Crippen molar-refractivity contribution in [3.8, 4) is 0 Å². The Morgan fingerprint density at radius 3 is 1.32 bits per heavy atom. The number of carbonyl (C=O) groups excluding carboxylic acids is 2. The van der Waals surface area contributed by atoms with E-state index in [-0.39, 0.29) is 24.5 Å². The summed E-state index contributed by atoms with van der Waals surface area (Å²) in [7, 11) is 0. The predicted octanol–water partition coefficient (Wildman–Crippen LogP) is 4.48. The Kier molecular flexibility index (Phi) is 13.1. The second-order valence-electron chi connectivity index (χ2n) is 9.71. The number of hydrogen-bond acceptors (Lipinski definition) is 6. The van der Waals surface area contributed by atoms with Gasteiger partial charge in [-0.25, -0.2) is 9.59 Å². The third-order valence-electron chi connectivity index (χ3n) is 6.61. The molecule has 2 heterocycles. The number of carbonyl (C=O) groups is 2. The molecule has 4 rings (SSSR count). The first-order valence-corrected chi connectivity index (χ1v) is 14.0. The fourth-order valence-electron chi connectivity index (χ4n) is 4.49. The van der Waals surface area contributed by atoms with E-state index in [0.29, 0.717) is 13.1 Å². The number of urea groups is 2. The second kappa shape index (κ2) is 17.0. The van der Waals surface area contributed by atoms with Crippen LogP contribution in [-0.2, 0) is 0 Å². The molecule has 0 aromatic heterocycles. The molecule has 0 fully saturated rings. The van der Waals surface area contributed by atoms with Crippen LogP contribution < -0.4 is 31.9 Å². The Morgan fingerprint density at radius 2 is 0.975 bits per heavy atom. The molecule has 0 saturated carbocycles. The summed E-state index contributed by atoms with van der Waals surface area (Å²) >= 11 is 0. The van der Waals surface area contributed by atoms with Gasteiger partial charge in [-0.2, -0.15) is 0 Å². The number of unbranched alkanes of at least 4 members (excludes halogenated alkanes) is 6. The van der Waals surface area contributed by atoms with Crippen molar-refractivity contribution in [2.45, 2.75) is 44.9 Å². The van der Waals surface area contributed by atoms with Crippen molar-refractivity contribution in [1.82, 2.24) is 21.3 Å². The lowest BCUT2D eigenvalue weighted by molar-refractivity contribution is 0.251. The van der Waals surface area contributed by atoms with E-state index in [1.165, 1.54) is 0 Å². The van der Waals surface area contributed by atoms with E-state index < -0.39 is 0 Å². The number of amides is 4. The summed E-state index contributed by atoms with van der Waals surface area (Å²) in [6.45, 7) is 4.70. The number of nitrogens with zero attached hydrogens (tertiary/aromatic N) is 2. The van der Waals surface area contributed by atoms with Crippen LogP contribution in [0.25, 0.3) is 0 Å². The average Bonchev–Trinajstić information content (AvgIpc) is 3.68. The zero-order valence-corrected chi connectivity index (χ0v) is 23.7. The van der Waals surface area contributed by atoms with Crippen LogP contribution in [0.4, 0.5) is 21.0 Å². The number of halogens is 1. The molecule has 11 heteroatoms. The molecule has 2 aromatic rings. The van der Waals surface area contributed by atoms with E-state index in [1.807, 2.05) is 48.5 Å². The number of hydrogen-bond donors (Lipinski definition) is 6. The van der Waals surface area contributed by atoms with Crippen molar-refractivity contribution in [1.29, 1.82) is 0 Å². The first kappa shape index (κ1) is 30.7. The minimum atomic E-state index is -0.177. The molecule has 2 aromatic carbocycles. The minimum absolute atomic E-state index is 0. The van der Waals surface area contributed by atoms with Gasteiger partial charge in [0.1, 0.15) is 11.7 Å². The highest BCUT2D eigenvalue weighted by Gasteiger charge is 2.09. The van der Waals surface area contributed by atoms with Crippen LogP contribution in [0.3, 0.4) is 0 Å². The highest BCUT2D eigenvalue weighted by Crippen LogP contribution is 2.12. The summed E-state index contributed by atoms with van der Waals surface area (Å²) in [4.78, 5) is 33.0. The molecule has 2 aliphatic heterocycles. The third-order valence-corrected chi connectivity index (χ3v) is 6.61. The predicted molar refractivity (Wildman–Crippen MR) is 165 cm³/mol. The van der Waals surface area contributed by atoms with Gasteiger partial charge >= 0.3 is 12.1 Å². The lowest BCUT2D eigenvalue weighted by atomic mass is 10.1. The molecule has 0 saturated heterocycles. The van der Waals surface area contributed by atoms with Gasteiger partial charge in [0.05, 0.1) is 13.1 Å². The van der Waals surface area contributed by atoms with Crippen molar-refractivity contribution in [2.24, 2.45) is 9.98 Å². The maximum atomic E-state index is 12.1. The molecular formula is C29H41ClN8O2. The van der Waals surface area contributed by atoms with Gasteiger partial charge in [0, 0.05) is 48.7 Å². The zero-order chi connectivity index (χ0) is 27.1. The monoisotopic (exact) mass is 568 g/mol. The minimum Gasteiger partial charge on any atom is -0.368 e. The van der Waals surface area contributed by atoms with Crippen molar-refractivity contribution in [3.05, 3.63) is 59.7 Å². The van der Waals surface area contributed by atoms with E-state index in [0.717, 1.165) is 105 Å². The van der Waals surface area contributed by atoms with Crippen molar-refractivity contribution >= 4 is 47.5 Å². The lowest BCUT2D eigenvalue weighted by Crippen LogP contribution is -2.29. The molecule has 0 atom stereocenters. The maximum Gasteiger partial charge on any atom is 0.319 e. The topological polar surface area (TPSA) is 131 Å². The largest absolute Gasteiger partial charge is 0.368 e. The van der Waals surface area contributed by atoms with Gasteiger partial charge in [0.15, 0.2) is 0 Å². The SMILES string of the molecule is Cl.O=C(NCCCCCCCCCNC(=O)Nc1ccc(C2=NCCN2)cc1)Nc1ccc(C2=NCCN2)cc1. The van der Waals surface area contributed by atoms with Crippen LogP contribution in [0.1, 0.15) is 56.1 Å². The van der Waals surface area contributed by atoms with E-state index in [2.05, 4.69) is 41.9 Å². The van der Waals surface area contributed by atoms with Gasteiger partial charge in [0.2, 0.25) is 0 Å². The Bertz CT molecular complexity index is 1050. The van der Waals surface area contributed by atoms with Gasteiger partial charge in [-0.15, -0.1) is 12.4 Å². The molecule has 0 bridgehead atoms. The number of nitrogens with one attached hydrogen (secondary N) is 6. The quantitative estimate of drug-likeness (QED) is 0.188. The van der Waals surface area contributed by atoms with Crippen LogP contribution in [0, 0.1) is 0 Å². The van der Waals surface area contributed by atoms with Crippen LogP contribution in [0.2, 0.25) is 0 Å². The summed E-state index contributed by atoms with van der Waals surface area (Å²) in [6, 6.07) is 15.1. The fourth-order valence-corrected chi connectivity index (χ4v) is 4.49. The molecular weight excluding hydrogens is 528 g/mol. The number of aliphatic imine (C=N–C) groups is 2. The maximum absolute atomic E-state index is 12.1. The van der Waals surface area contributed by atoms with Crippen molar-refractivity contribution in [2.75, 3.05) is 49.9 Å². The molecule has 4 amide bonds. The Balaban J connectivity index is 0.00000441. The first-order chi connectivity index (χ1) is 19.2. The molecule has 40 heavy (non-hydrogen) atoms. The van der Waals surface area contributed by atoms with Gasteiger partial charge in [-0.3, -0.25) is 9.98 Å². The first-order valence-electron chi connectivity index (χ1n) is 14.0. The standard InChI is InChI=1S/C29H40N8O2.ClH/c38-28(36-24-12-8-22(9-13-24)26-30-18-19-31-26)34-16-6-4-2-1-3-5-7-17-35-29(39)37-25-14-10-23(11-15-25)27-32-20-21-33-27;/h8-15H,1-7,16-21H2,(H,30,31)(H,32,33)(H2,34,36,38)(H2,35,37,39);1H. The van der Waals surface area contributed by atoms with Gasteiger partial charge in [0.25, 0.3) is 0 Å². The molecule has 216 valence electrons. The molecule has 0 unspecified atom stereocenters. The van der Waals surface area contributed by atoms with Crippen molar-refractivity contribution < 1.29 is 9.59 Å². The van der Waals surface area contributed by atoms with E-state index in [4.69, 9.17) is 0 Å². The summed E-state index contributed by atoms with van der Waals surface area (Å²) in [5.74, 6) is 1.83. The van der Waals surface area contributed by atoms with Crippen LogP contribution in [0.15, 0.2) is 58.5 Å². The highest BCUT2D eigenvalue weighted by molar-refractivity contribution is 6.01. The molecule has 0 aliphatic carbocycles. The Hall–Kier alpha value is -3.79. The average molecular weight is 569 g/mol. The highest BCUT2D eigenvalue weighted by atomic mass is 35.5. The smallest absolute Gasteiger partial charge is 0.319 e. The van der Waals surface area contributed by atoms with Crippen LogP contribution in [0.5, 0.6) is 0 Å². The number of benzene rings is 2. The summed E-state index contributed by atoms with van der Waals surface area (Å²) in [6.07, 6.45) is 7.57. The number of amidine groups is 2.